The van der Waals surface area contributed by atoms with Crippen LogP contribution in [0.1, 0.15) is 81.6 Å². The lowest BCUT2D eigenvalue weighted by molar-refractivity contribution is -0.300. The summed E-state index contributed by atoms with van der Waals surface area (Å²) in [7, 11) is 5.67. The fourth-order valence-electron chi connectivity index (χ4n) is 8.04. The van der Waals surface area contributed by atoms with E-state index in [4.69, 9.17) is 28.4 Å². The van der Waals surface area contributed by atoms with Crippen LogP contribution in [0.4, 0.5) is 0 Å². The molecule has 0 radical (unpaired) electrons. The molecular weight excluding hydrogens is 590 g/mol. The summed E-state index contributed by atoms with van der Waals surface area (Å²) in [6.07, 6.45) is 3.72. The summed E-state index contributed by atoms with van der Waals surface area (Å²) < 4.78 is 38.3. The van der Waals surface area contributed by atoms with Gasteiger partial charge in [0, 0.05) is 25.0 Å². The molecule has 10 heteroatoms. The van der Waals surface area contributed by atoms with Gasteiger partial charge >= 0.3 is 5.97 Å². The number of carbonyl (C=O) groups excluding carboxylic acids is 2. The lowest BCUT2D eigenvalue weighted by atomic mass is 9.72. The molecule has 264 valence electrons. The van der Waals surface area contributed by atoms with Crippen molar-refractivity contribution < 1.29 is 43.1 Å². The lowest BCUT2D eigenvalue weighted by Crippen LogP contribution is -2.60. The Morgan fingerprint density at radius 3 is 2.30 bits per heavy atom. The van der Waals surface area contributed by atoms with Crippen molar-refractivity contribution in [1.29, 1.82) is 0 Å². The van der Waals surface area contributed by atoms with E-state index >= 15 is 0 Å². The van der Waals surface area contributed by atoms with Crippen LogP contribution >= 0.6 is 0 Å². The lowest BCUT2D eigenvalue weighted by Gasteiger charge is -2.48. The maximum absolute atomic E-state index is 14.2. The maximum Gasteiger partial charge on any atom is 0.316 e. The van der Waals surface area contributed by atoms with Gasteiger partial charge in [-0.2, -0.15) is 0 Å². The number of methoxy groups -OCH3 is 1. The van der Waals surface area contributed by atoms with Gasteiger partial charge < -0.3 is 38.4 Å². The number of allylic oxidation sites excluding steroid dienone is 1. The molecule has 3 aliphatic heterocycles. The highest BCUT2D eigenvalue weighted by molar-refractivity contribution is 6.00. The fourth-order valence-corrected chi connectivity index (χ4v) is 8.04. The molecule has 0 saturated carbocycles. The van der Waals surface area contributed by atoms with Crippen molar-refractivity contribution >= 4 is 11.8 Å². The van der Waals surface area contributed by atoms with Crippen molar-refractivity contribution in [2.24, 2.45) is 23.7 Å². The van der Waals surface area contributed by atoms with Gasteiger partial charge in [-0.1, -0.05) is 51.5 Å². The Morgan fingerprint density at radius 2 is 1.72 bits per heavy atom. The van der Waals surface area contributed by atoms with Gasteiger partial charge in [0.2, 0.25) is 0 Å². The van der Waals surface area contributed by atoms with Crippen molar-refractivity contribution in [1.82, 2.24) is 4.90 Å². The molecule has 13 atom stereocenters. The molecular formula is C36H61NO9. The highest BCUT2D eigenvalue weighted by Gasteiger charge is 2.52. The van der Waals surface area contributed by atoms with Crippen LogP contribution in [0.15, 0.2) is 23.8 Å². The highest BCUT2D eigenvalue weighted by atomic mass is 16.7. The zero-order valence-electron chi connectivity index (χ0n) is 30.3. The van der Waals surface area contributed by atoms with Crippen LogP contribution in [0.3, 0.4) is 0 Å². The number of cyclic esters (lactones) is 1. The number of hydrogen-bond donors (Lipinski definition) is 1. The van der Waals surface area contributed by atoms with Gasteiger partial charge in [-0.3, -0.25) is 9.59 Å². The second kappa shape index (κ2) is 16.2. The third kappa shape index (κ3) is 8.31. The Bertz CT molecular complexity index is 1090. The second-order valence-electron chi connectivity index (χ2n) is 14.3. The van der Waals surface area contributed by atoms with Gasteiger partial charge in [-0.25, -0.2) is 0 Å². The van der Waals surface area contributed by atoms with Crippen molar-refractivity contribution in [3.05, 3.63) is 23.8 Å². The van der Waals surface area contributed by atoms with Gasteiger partial charge in [0.1, 0.15) is 23.7 Å². The summed E-state index contributed by atoms with van der Waals surface area (Å²) in [6.45, 7) is 17.5. The Hall–Kier alpha value is -1.66. The number of esters is 1. The molecule has 3 aliphatic rings. The van der Waals surface area contributed by atoms with E-state index in [2.05, 4.69) is 17.9 Å². The number of aliphatic hydroxyl groups is 1. The Labute approximate surface area is 277 Å². The monoisotopic (exact) mass is 651 g/mol. The first kappa shape index (κ1) is 38.8. The fraction of sp³-hybridized carbons (Fsp3) is 0.833. The van der Waals surface area contributed by atoms with Crippen LogP contribution < -0.4 is 0 Å². The molecule has 3 rings (SSSR count). The van der Waals surface area contributed by atoms with Crippen LogP contribution in [-0.2, 0) is 38.0 Å². The standard InChI is InChI=1S/C36H61NO9/c1-13-26-21(3)20-35(8)31(46-34-30(41-12)27(37(10)11)19-22(4)44-34)24(6)29(38)25(7)33(39)45-28(14-2)36(9,40)32(23(26)5)42-17-15-16-18-43-35/h13,15-16,21-25,27-28,30-32,34,40H,14,17-20H2,1-12H3/b16-15-,26-13?/t21-,22-,23+,24+,25?,27+,28-,30-,31-,32-,34+,35-,36-/m1/s1. The van der Waals surface area contributed by atoms with Crippen molar-refractivity contribution in [2.45, 2.75) is 136 Å². The molecule has 2 fully saturated rings. The number of fused-ring (bicyclic) bond motifs is 5. The van der Waals surface area contributed by atoms with Crippen molar-refractivity contribution in [2.75, 3.05) is 34.4 Å². The summed E-state index contributed by atoms with van der Waals surface area (Å²) in [4.78, 5) is 30.0. The molecule has 0 aliphatic carbocycles. The molecule has 2 saturated heterocycles. The minimum absolute atomic E-state index is 0.0234. The van der Waals surface area contributed by atoms with Crippen LogP contribution in [-0.4, -0.2) is 110 Å². The largest absolute Gasteiger partial charge is 0.459 e. The van der Waals surface area contributed by atoms with E-state index in [0.717, 1.165) is 12.0 Å². The number of rotatable bonds is 5. The first-order valence-electron chi connectivity index (χ1n) is 17.1. The average molecular weight is 652 g/mol. The molecule has 0 amide bonds. The van der Waals surface area contributed by atoms with Gasteiger partial charge in [-0.05, 0) is 73.9 Å². The minimum Gasteiger partial charge on any atom is -0.459 e. The molecule has 0 aromatic rings. The summed E-state index contributed by atoms with van der Waals surface area (Å²) in [5.74, 6) is -3.19. The van der Waals surface area contributed by atoms with Crippen molar-refractivity contribution in [3.63, 3.8) is 0 Å². The molecule has 2 bridgehead atoms. The van der Waals surface area contributed by atoms with E-state index in [1.54, 1.807) is 27.9 Å². The molecule has 1 unspecified atom stereocenters. The number of hydrogen-bond acceptors (Lipinski definition) is 10. The molecule has 10 nitrogen and oxygen atoms in total. The first-order chi connectivity index (χ1) is 21.5. The van der Waals surface area contributed by atoms with Crippen LogP contribution in [0.2, 0.25) is 0 Å². The number of likely N-dealkylation sites (N-methyl/N-ethyl adjacent to an activating group) is 1. The van der Waals surface area contributed by atoms with Crippen LogP contribution in [0.25, 0.3) is 0 Å². The maximum atomic E-state index is 14.2. The Morgan fingerprint density at radius 1 is 1.07 bits per heavy atom. The van der Waals surface area contributed by atoms with E-state index in [1.165, 1.54) is 0 Å². The quantitative estimate of drug-likeness (QED) is 0.255. The van der Waals surface area contributed by atoms with E-state index in [-0.39, 0.29) is 43.0 Å². The predicted molar refractivity (Wildman–Crippen MR) is 176 cm³/mol. The zero-order chi connectivity index (χ0) is 34.6. The third-order valence-corrected chi connectivity index (χ3v) is 10.6. The number of ether oxygens (including phenoxy) is 6. The molecule has 0 aromatic heterocycles. The van der Waals surface area contributed by atoms with Gasteiger partial charge in [-0.15, -0.1) is 0 Å². The molecule has 1 N–H and O–H groups in total. The molecule has 46 heavy (non-hydrogen) atoms. The Kier molecular flexibility index (Phi) is 13.6. The third-order valence-electron chi connectivity index (χ3n) is 10.6. The van der Waals surface area contributed by atoms with E-state index in [0.29, 0.717) is 12.8 Å². The summed E-state index contributed by atoms with van der Waals surface area (Å²) >= 11 is 0. The normalized spacial score (nSPS) is 45.3. The summed E-state index contributed by atoms with van der Waals surface area (Å²) in [5.41, 5.74) is -1.47. The van der Waals surface area contributed by atoms with Gasteiger partial charge in [0.25, 0.3) is 0 Å². The van der Waals surface area contributed by atoms with Crippen LogP contribution in [0.5, 0.6) is 0 Å². The van der Waals surface area contributed by atoms with E-state index in [9.17, 15) is 14.7 Å². The van der Waals surface area contributed by atoms with E-state index in [1.807, 2.05) is 60.9 Å². The number of nitrogens with zero attached hydrogens (tertiary/aromatic N) is 1. The average Bonchev–Trinajstić information content (AvgIpc) is 2.99. The minimum atomic E-state index is -1.53. The number of Topliss-reactive ketones (excluding diaryl/α,β-unsaturated/α-hetero) is 1. The molecule has 0 aromatic carbocycles. The summed E-state index contributed by atoms with van der Waals surface area (Å²) in [6, 6.07) is 0.0234. The smallest absolute Gasteiger partial charge is 0.316 e. The topological polar surface area (TPSA) is 113 Å². The second-order valence-corrected chi connectivity index (χ2v) is 14.3. The molecule has 0 spiro atoms. The van der Waals surface area contributed by atoms with Crippen LogP contribution in [0, 0.1) is 23.7 Å². The van der Waals surface area contributed by atoms with Gasteiger partial charge in [0.05, 0.1) is 37.1 Å². The highest BCUT2D eigenvalue weighted by Crippen LogP contribution is 2.42. The SMILES string of the molecule is CC=C1[C@H](C)C[C@@]2(C)OC/C=C\CO[C@H]([C@H]1C)[C@](C)(O)[C@@H](CC)OC(=O)C(C)C(=O)[C@H](C)[C@H]2O[C@@H]1O[C@H](C)C[C@H](N(C)C)[C@H]1OC. The predicted octanol–water partition coefficient (Wildman–Crippen LogP) is 4.72. The Balaban J connectivity index is 2.24. The first-order valence-corrected chi connectivity index (χ1v) is 17.1. The van der Waals surface area contributed by atoms with Gasteiger partial charge in [0.15, 0.2) is 12.1 Å². The number of carbonyl (C=O) groups is 2. The van der Waals surface area contributed by atoms with Crippen molar-refractivity contribution in [3.8, 4) is 0 Å². The zero-order valence-corrected chi connectivity index (χ0v) is 30.3. The molecule has 3 heterocycles. The summed E-state index contributed by atoms with van der Waals surface area (Å²) in [5, 5.41) is 12.1. The number of ketones is 1. The van der Waals surface area contributed by atoms with E-state index < -0.39 is 59.7 Å².